The number of piperidine rings is 1. The van der Waals surface area contributed by atoms with E-state index in [2.05, 4.69) is 15.2 Å². The lowest BCUT2D eigenvalue weighted by atomic mass is 10.1. The van der Waals surface area contributed by atoms with E-state index in [4.69, 9.17) is 4.42 Å². The Bertz CT molecular complexity index is 672. The normalized spacial score (nSPS) is 16.1. The largest absolute Gasteiger partial charge is 0.440 e. The second kappa shape index (κ2) is 7.13. The van der Waals surface area contributed by atoms with Gasteiger partial charge in [0.15, 0.2) is 11.5 Å². The van der Waals surface area contributed by atoms with E-state index in [0.717, 1.165) is 25.2 Å². The van der Waals surface area contributed by atoms with Gasteiger partial charge in [0.2, 0.25) is 0 Å². The number of nitrogens with zero attached hydrogens (tertiary/aromatic N) is 2. The van der Waals surface area contributed by atoms with Crippen LogP contribution in [0.4, 0.5) is 0 Å². The molecule has 0 atom stereocenters. The molecule has 2 aromatic rings. The molecule has 1 aromatic heterocycles. The first-order valence-electron chi connectivity index (χ1n) is 8.54. The second-order valence-corrected chi connectivity index (χ2v) is 6.55. The fourth-order valence-electron chi connectivity index (χ4n) is 2.94. The van der Waals surface area contributed by atoms with Crippen LogP contribution in [0.1, 0.15) is 55.3 Å². The van der Waals surface area contributed by atoms with Gasteiger partial charge in [0.25, 0.3) is 5.91 Å². The highest BCUT2D eigenvalue weighted by Crippen LogP contribution is 2.22. The van der Waals surface area contributed by atoms with E-state index in [0.29, 0.717) is 23.6 Å². The number of fused-ring (bicyclic) bond motifs is 1. The zero-order valence-electron chi connectivity index (χ0n) is 14.0. The molecule has 1 N–H and O–H groups in total. The number of likely N-dealkylation sites (tertiary alicyclic amines) is 1. The van der Waals surface area contributed by atoms with Crippen molar-refractivity contribution in [3.05, 3.63) is 29.7 Å². The minimum absolute atomic E-state index is 0.0496. The topological polar surface area (TPSA) is 58.4 Å². The van der Waals surface area contributed by atoms with Crippen molar-refractivity contribution in [2.45, 2.75) is 39.0 Å². The fourth-order valence-corrected chi connectivity index (χ4v) is 2.94. The summed E-state index contributed by atoms with van der Waals surface area (Å²) in [6, 6.07) is 5.44. The SMILES string of the molecule is CC(C)c1nc2ccc(C(=O)NCCN3CCCCC3)cc2o1. The second-order valence-electron chi connectivity index (χ2n) is 6.55. The van der Waals surface area contributed by atoms with Crippen LogP contribution in [-0.4, -0.2) is 42.0 Å². The van der Waals surface area contributed by atoms with Crippen molar-refractivity contribution in [3.8, 4) is 0 Å². The highest BCUT2D eigenvalue weighted by molar-refractivity contribution is 5.97. The Balaban J connectivity index is 1.59. The Kier molecular flexibility index (Phi) is 4.96. The molecular weight excluding hydrogens is 290 g/mol. The summed E-state index contributed by atoms with van der Waals surface area (Å²) in [4.78, 5) is 19.1. The molecule has 5 heteroatoms. The smallest absolute Gasteiger partial charge is 0.251 e. The number of hydrogen-bond acceptors (Lipinski definition) is 4. The van der Waals surface area contributed by atoms with E-state index in [-0.39, 0.29) is 11.8 Å². The summed E-state index contributed by atoms with van der Waals surface area (Å²) < 4.78 is 5.72. The fraction of sp³-hybridized carbons (Fsp3) is 0.556. The Morgan fingerprint density at radius 3 is 2.83 bits per heavy atom. The van der Waals surface area contributed by atoms with Gasteiger partial charge in [0.1, 0.15) is 5.52 Å². The molecule has 23 heavy (non-hydrogen) atoms. The molecule has 1 aliphatic rings. The van der Waals surface area contributed by atoms with Gasteiger partial charge in [-0.15, -0.1) is 0 Å². The summed E-state index contributed by atoms with van der Waals surface area (Å²) in [6.07, 6.45) is 3.88. The molecule has 0 saturated carbocycles. The molecule has 0 bridgehead atoms. The van der Waals surface area contributed by atoms with Gasteiger partial charge in [-0.25, -0.2) is 4.98 Å². The summed E-state index contributed by atoms with van der Waals surface area (Å²) in [5, 5.41) is 3.00. The lowest BCUT2D eigenvalue weighted by Crippen LogP contribution is -2.37. The van der Waals surface area contributed by atoms with Crippen LogP contribution in [0.25, 0.3) is 11.1 Å². The van der Waals surface area contributed by atoms with Crippen molar-refractivity contribution in [3.63, 3.8) is 0 Å². The van der Waals surface area contributed by atoms with Crippen LogP contribution < -0.4 is 5.32 Å². The van der Waals surface area contributed by atoms with Crippen molar-refractivity contribution in [2.75, 3.05) is 26.2 Å². The van der Waals surface area contributed by atoms with E-state index in [1.807, 2.05) is 26.0 Å². The van der Waals surface area contributed by atoms with Crippen LogP contribution in [-0.2, 0) is 0 Å². The van der Waals surface area contributed by atoms with Gasteiger partial charge in [0, 0.05) is 24.6 Å². The lowest BCUT2D eigenvalue weighted by Gasteiger charge is -2.26. The molecule has 124 valence electrons. The number of carbonyl (C=O) groups excluding carboxylic acids is 1. The highest BCUT2D eigenvalue weighted by Gasteiger charge is 2.13. The number of nitrogens with one attached hydrogen (secondary N) is 1. The quantitative estimate of drug-likeness (QED) is 0.921. The highest BCUT2D eigenvalue weighted by atomic mass is 16.3. The van der Waals surface area contributed by atoms with Gasteiger partial charge in [-0.3, -0.25) is 4.79 Å². The molecule has 2 heterocycles. The first-order chi connectivity index (χ1) is 11.1. The van der Waals surface area contributed by atoms with Crippen molar-refractivity contribution >= 4 is 17.0 Å². The Morgan fingerprint density at radius 2 is 2.09 bits per heavy atom. The summed E-state index contributed by atoms with van der Waals surface area (Å²) in [5.41, 5.74) is 2.11. The maximum atomic E-state index is 12.3. The van der Waals surface area contributed by atoms with Crippen LogP contribution in [0.2, 0.25) is 0 Å². The van der Waals surface area contributed by atoms with Crippen molar-refractivity contribution in [1.82, 2.24) is 15.2 Å². The number of amides is 1. The average molecular weight is 315 g/mol. The third-order valence-corrected chi connectivity index (χ3v) is 4.32. The maximum Gasteiger partial charge on any atom is 0.251 e. The van der Waals surface area contributed by atoms with Crippen LogP contribution in [0.15, 0.2) is 22.6 Å². The minimum Gasteiger partial charge on any atom is -0.440 e. The molecule has 0 unspecified atom stereocenters. The van der Waals surface area contributed by atoms with Crippen LogP contribution in [0.3, 0.4) is 0 Å². The number of aromatic nitrogens is 1. The third kappa shape index (κ3) is 3.91. The van der Waals surface area contributed by atoms with Crippen LogP contribution in [0.5, 0.6) is 0 Å². The van der Waals surface area contributed by atoms with E-state index in [1.165, 1.54) is 19.3 Å². The molecule has 0 aliphatic carbocycles. The predicted octanol–water partition coefficient (Wildman–Crippen LogP) is 3.17. The molecule has 3 rings (SSSR count). The third-order valence-electron chi connectivity index (χ3n) is 4.32. The molecule has 0 radical (unpaired) electrons. The van der Waals surface area contributed by atoms with Crippen molar-refractivity contribution in [1.29, 1.82) is 0 Å². The summed E-state index contributed by atoms with van der Waals surface area (Å²) in [7, 11) is 0. The number of benzene rings is 1. The monoisotopic (exact) mass is 315 g/mol. The van der Waals surface area contributed by atoms with E-state index < -0.39 is 0 Å². The van der Waals surface area contributed by atoms with Gasteiger partial charge in [-0.1, -0.05) is 20.3 Å². The summed E-state index contributed by atoms with van der Waals surface area (Å²) in [6.45, 7) is 7.99. The molecule has 0 spiro atoms. The Labute approximate surface area is 137 Å². The van der Waals surface area contributed by atoms with Gasteiger partial charge in [-0.05, 0) is 44.1 Å². The number of carbonyl (C=O) groups is 1. The molecule has 1 saturated heterocycles. The minimum atomic E-state index is -0.0496. The van der Waals surface area contributed by atoms with Gasteiger partial charge >= 0.3 is 0 Å². The number of oxazole rings is 1. The van der Waals surface area contributed by atoms with Gasteiger partial charge < -0.3 is 14.6 Å². The predicted molar refractivity (Wildman–Crippen MR) is 90.7 cm³/mol. The van der Waals surface area contributed by atoms with Crippen molar-refractivity contribution in [2.24, 2.45) is 0 Å². The molecule has 1 aliphatic heterocycles. The maximum absolute atomic E-state index is 12.3. The summed E-state index contributed by atoms with van der Waals surface area (Å²) in [5.74, 6) is 0.901. The Morgan fingerprint density at radius 1 is 1.30 bits per heavy atom. The zero-order chi connectivity index (χ0) is 16.2. The molecule has 1 amide bonds. The Hall–Kier alpha value is -1.88. The molecule has 1 aromatic carbocycles. The average Bonchev–Trinajstić information content (AvgIpc) is 2.99. The first kappa shape index (κ1) is 16.0. The van der Waals surface area contributed by atoms with E-state index in [9.17, 15) is 4.79 Å². The number of rotatable bonds is 5. The number of hydrogen-bond donors (Lipinski definition) is 1. The van der Waals surface area contributed by atoms with E-state index >= 15 is 0 Å². The lowest BCUT2D eigenvalue weighted by molar-refractivity contribution is 0.0946. The molecule has 5 nitrogen and oxygen atoms in total. The standard InChI is InChI=1S/C18H25N3O2/c1-13(2)18-20-15-7-6-14(12-16(15)23-18)17(22)19-8-11-21-9-4-3-5-10-21/h6-7,12-13H,3-5,8-11H2,1-2H3,(H,19,22). The van der Waals surface area contributed by atoms with Crippen LogP contribution >= 0.6 is 0 Å². The first-order valence-corrected chi connectivity index (χ1v) is 8.54. The van der Waals surface area contributed by atoms with Gasteiger partial charge in [0.05, 0.1) is 0 Å². The zero-order valence-corrected chi connectivity index (χ0v) is 14.0. The molecular formula is C18H25N3O2. The van der Waals surface area contributed by atoms with Gasteiger partial charge in [-0.2, -0.15) is 0 Å². The van der Waals surface area contributed by atoms with E-state index in [1.54, 1.807) is 6.07 Å². The van der Waals surface area contributed by atoms with Crippen molar-refractivity contribution < 1.29 is 9.21 Å². The van der Waals surface area contributed by atoms with Crippen LogP contribution in [0, 0.1) is 0 Å². The molecule has 1 fully saturated rings. The summed E-state index contributed by atoms with van der Waals surface area (Å²) >= 11 is 0.